The fourth-order valence-electron chi connectivity index (χ4n) is 2.26. The topological polar surface area (TPSA) is 59.4 Å². The van der Waals surface area contributed by atoms with Gasteiger partial charge >= 0.3 is 5.97 Å². The molecule has 4 heteroatoms. The Morgan fingerprint density at radius 1 is 1.42 bits per heavy atom. The molecule has 106 valence electrons. The van der Waals surface area contributed by atoms with Gasteiger partial charge in [-0.2, -0.15) is 0 Å². The van der Waals surface area contributed by atoms with Crippen molar-refractivity contribution in [3.05, 3.63) is 23.9 Å². The minimum atomic E-state index is -0.729. The van der Waals surface area contributed by atoms with Crippen molar-refractivity contribution in [2.75, 3.05) is 7.11 Å². The van der Waals surface area contributed by atoms with E-state index in [9.17, 15) is 9.90 Å². The predicted molar refractivity (Wildman–Crippen MR) is 74.4 cm³/mol. The molecule has 1 N–H and O–H groups in total. The number of ether oxygens (including phenoxy) is 1. The lowest BCUT2D eigenvalue weighted by molar-refractivity contribution is -0.149. The standard InChI is InChI=1S/C15H23NO3/c1-4-6-10-15(5-2,14(17)18)11-12-8-7-9-13(16-12)19-3/h7-9H,4-6,10-11H2,1-3H3,(H,17,18). The van der Waals surface area contributed by atoms with Gasteiger partial charge in [0.1, 0.15) is 0 Å². The highest BCUT2D eigenvalue weighted by atomic mass is 16.5. The fourth-order valence-corrected chi connectivity index (χ4v) is 2.26. The second-order valence-corrected chi connectivity index (χ2v) is 4.89. The third kappa shape index (κ3) is 3.94. The van der Waals surface area contributed by atoms with Crippen molar-refractivity contribution in [3.63, 3.8) is 0 Å². The third-order valence-electron chi connectivity index (χ3n) is 3.65. The van der Waals surface area contributed by atoms with Gasteiger partial charge in [0.05, 0.1) is 12.5 Å². The summed E-state index contributed by atoms with van der Waals surface area (Å²) in [7, 11) is 1.56. The van der Waals surface area contributed by atoms with Gasteiger partial charge in [-0.1, -0.05) is 32.8 Å². The van der Waals surface area contributed by atoms with Crippen molar-refractivity contribution in [2.24, 2.45) is 5.41 Å². The molecule has 0 saturated heterocycles. The van der Waals surface area contributed by atoms with E-state index in [4.69, 9.17) is 4.74 Å². The van der Waals surface area contributed by atoms with Crippen molar-refractivity contribution in [1.29, 1.82) is 0 Å². The molecular formula is C15H23NO3. The number of unbranched alkanes of at least 4 members (excludes halogenated alkanes) is 1. The molecule has 0 bridgehead atoms. The smallest absolute Gasteiger partial charge is 0.310 e. The number of hydrogen-bond acceptors (Lipinski definition) is 3. The number of carbonyl (C=O) groups is 1. The molecule has 0 aliphatic rings. The van der Waals surface area contributed by atoms with Gasteiger partial charge in [0, 0.05) is 18.2 Å². The molecule has 0 amide bonds. The molecule has 1 atom stereocenters. The fraction of sp³-hybridized carbons (Fsp3) is 0.600. The van der Waals surface area contributed by atoms with E-state index in [1.807, 2.05) is 19.1 Å². The number of carboxylic acid groups (broad SMARTS) is 1. The van der Waals surface area contributed by atoms with Crippen LogP contribution in [0.25, 0.3) is 0 Å². The Morgan fingerprint density at radius 3 is 2.68 bits per heavy atom. The van der Waals surface area contributed by atoms with Gasteiger partial charge in [0.2, 0.25) is 5.88 Å². The lowest BCUT2D eigenvalue weighted by Crippen LogP contribution is -2.33. The normalized spacial score (nSPS) is 13.8. The van der Waals surface area contributed by atoms with Gasteiger partial charge in [-0.25, -0.2) is 4.98 Å². The third-order valence-corrected chi connectivity index (χ3v) is 3.65. The summed E-state index contributed by atoms with van der Waals surface area (Å²) in [5, 5.41) is 9.58. The molecular weight excluding hydrogens is 242 g/mol. The number of aliphatic carboxylic acids is 1. The minimum Gasteiger partial charge on any atom is -0.481 e. The highest BCUT2D eigenvalue weighted by Gasteiger charge is 2.36. The first-order valence-electron chi connectivity index (χ1n) is 6.81. The van der Waals surface area contributed by atoms with Crippen LogP contribution in [0.15, 0.2) is 18.2 Å². The van der Waals surface area contributed by atoms with Crippen molar-refractivity contribution in [1.82, 2.24) is 4.98 Å². The van der Waals surface area contributed by atoms with Gasteiger partial charge in [0.15, 0.2) is 0 Å². The summed E-state index contributed by atoms with van der Waals surface area (Å²) in [6, 6.07) is 5.48. The Labute approximate surface area is 114 Å². The summed E-state index contributed by atoms with van der Waals surface area (Å²) in [5.41, 5.74) is 0.0646. The van der Waals surface area contributed by atoms with Gasteiger partial charge in [-0.3, -0.25) is 4.79 Å². The molecule has 1 rings (SSSR count). The molecule has 0 fully saturated rings. The highest BCUT2D eigenvalue weighted by molar-refractivity contribution is 5.75. The molecule has 19 heavy (non-hydrogen) atoms. The minimum absolute atomic E-state index is 0.454. The molecule has 4 nitrogen and oxygen atoms in total. The summed E-state index contributed by atoms with van der Waals surface area (Å²) in [4.78, 5) is 16.0. The number of rotatable bonds is 8. The average molecular weight is 265 g/mol. The van der Waals surface area contributed by atoms with Crippen LogP contribution in [-0.2, 0) is 11.2 Å². The van der Waals surface area contributed by atoms with E-state index in [1.165, 1.54) is 0 Å². The molecule has 1 unspecified atom stereocenters. The molecule has 0 saturated carbocycles. The molecule has 1 heterocycles. The average Bonchev–Trinajstić information content (AvgIpc) is 2.43. The number of aromatic nitrogens is 1. The number of carboxylic acids is 1. The first kappa shape index (κ1) is 15.5. The van der Waals surface area contributed by atoms with E-state index in [1.54, 1.807) is 13.2 Å². The van der Waals surface area contributed by atoms with Crippen LogP contribution in [0.3, 0.4) is 0 Å². The van der Waals surface area contributed by atoms with E-state index in [-0.39, 0.29) is 0 Å². The Kier molecular flexibility index (Phi) is 5.80. The molecule has 0 aliphatic heterocycles. The second kappa shape index (κ2) is 7.12. The van der Waals surface area contributed by atoms with Crippen molar-refractivity contribution >= 4 is 5.97 Å². The lowest BCUT2D eigenvalue weighted by Gasteiger charge is -2.27. The van der Waals surface area contributed by atoms with Crippen LogP contribution in [0.5, 0.6) is 5.88 Å². The van der Waals surface area contributed by atoms with Crippen molar-refractivity contribution in [2.45, 2.75) is 46.0 Å². The highest BCUT2D eigenvalue weighted by Crippen LogP contribution is 2.33. The van der Waals surface area contributed by atoms with Crippen LogP contribution in [0.4, 0.5) is 0 Å². The maximum Gasteiger partial charge on any atom is 0.310 e. The maximum absolute atomic E-state index is 11.7. The molecule has 0 aliphatic carbocycles. The van der Waals surface area contributed by atoms with E-state index in [0.29, 0.717) is 25.1 Å². The first-order valence-corrected chi connectivity index (χ1v) is 6.81. The van der Waals surface area contributed by atoms with E-state index in [2.05, 4.69) is 11.9 Å². The summed E-state index contributed by atoms with van der Waals surface area (Å²) in [5.74, 6) is -0.198. The van der Waals surface area contributed by atoms with Crippen LogP contribution >= 0.6 is 0 Å². The van der Waals surface area contributed by atoms with Crippen LogP contribution in [0, 0.1) is 5.41 Å². The van der Waals surface area contributed by atoms with Crippen molar-refractivity contribution < 1.29 is 14.6 Å². The Morgan fingerprint density at radius 2 is 2.16 bits per heavy atom. The first-order chi connectivity index (χ1) is 9.07. The summed E-state index contributed by atoms with van der Waals surface area (Å²) >= 11 is 0. The monoisotopic (exact) mass is 265 g/mol. The van der Waals surface area contributed by atoms with Crippen LogP contribution in [-0.4, -0.2) is 23.2 Å². The van der Waals surface area contributed by atoms with Gasteiger partial charge in [0.25, 0.3) is 0 Å². The zero-order chi connectivity index (χ0) is 14.3. The Balaban J connectivity index is 2.95. The quantitative estimate of drug-likeness (QED) is 0.783. The zero-order valence-electron chi connectivity index (χ0n) is 12.0. The second-order valence-electron chi connectivity index (χ2n) is 4.89. The van der Waals surface area contributed by atoms with Crippen LogP contribution in [0.1, 0.15) is 45.2 Å². The van der Waals surface area contributed by atoms with Gasteiger partial charge in [-0.15, -0.1) is 0 Å². The number of methoxy groups -OCH3 is 1. The molecule has 1 aromatic rings. The number of nitrogens with zero attached hydrogens (tertiary/aromatic N) is 1. The van der Waals surface area contributed by atoms with Gasteiger partial charge in [-0.05, 0) is 18.9 Å². The largest absolute Gasteiger partial charge is 0.481 e. The molecule has 0 aromatic carbocycles. The molecule has 0 spiro atoms. The summed E-state index contributed by atoms with van der Waals surface area (Å²) in [6.07, 6.45) is 3.68. The zero-order valence-corrected chi connectivity index (χ0v) is 12.0. The number of hydrogen-bond donors (Lipinski definition) is 1. The molecule has 1 aromatic heterocycles. The van der Waals surface area contributed by atoms with Crippen molar-refractivity contribution in [3.8, 4) is 5.88 Å². The Hall–Kier alpha value is -1.58. The number of pyridine rings is 1. The maximum atomic E-state index is 11.7. The predicted octanol–water partition coefficient (Wildman–Crippen LogP) is 3.30. The lowest BCUT2D eigenvalue weighted by atomic mass is 9.76. The Bertz CT molecular complexity index is 420. The van der Waals surface area contributed by atoms with E-state index in [0.717, 1.165) is 18.5 Å². The van der Waals surface area contributed by atoms with Crippen LogP contribution in [0.2, 0.25) is 0 Å². The summed E-state index contributed by atoms with van der Waals surface area (Å²) in [6.45, 7) is 4.01. The van der Waals surface area contributed by atoms with E-state index >= 15 is 0 Å². The SMILES string of the molecule is CCCCC(CC)(Cc1cccc(OC)n1)C(=O)O. The summed E-state index contributed by atoms with van der Waals surface area (Å²) < 4.78 is 5.09. The van der Waals surface area contributed by atoms with Gasteiger partial charge < -0.3 is 9.84 Å². The van der Waals surface area contributed by atoms with E-state index < -0.39 is 11.4 Å². The molecule has 0 radical (unpaired) electrons. The van der Waals surface area contributed by atoms with Crippen LogP contribution < -0.4 is 4.74 Å².